The molecule has 1 heterocycles. The molecule has 2 aromatic carbocycles. The lowest BCUT2D eigenvalue weighted by Crippen LogP contribution is -2.19. The van der Waals surface area contributed by atoms with Crippen LogP contribution in [0, 0.1) is 11.3 Å². The van der Waals surface area contributed by atoms with Crippen LogP contribution in [0.3, 0.4) is 0 Å². The summed E-state index contributed by atoms with van der Waals surface area (Å²) in [6, 6.07) is 13.6. The Labute approximate surface area is 190 Å². The van der Waals surface area contributed by atoms with Crippen LogP contribution in [0.1, 0.15) is 43.0 Å². The van der Waals surface area contributed by atoms with Crippen molar-refractivity contribution >= 4 is 17.9 Å². The minimum Gasteiger partial charge on any atom is -0.490 e. The average molecular weight is 450 g/mol. The van der Waals surface area contributed by atoms with Gasteiger partial charge >= 0.3 is 0 Å². The molecule has 0 aliphatic heterocycles. The lowest BCUT2D eigenvalue weighted by molar-refractivity contribution is -0.115. The molecule has 1 aliphatic rings. The second-order valence-electron chi connectivity index (χ2n) is 7.75. The number of hydrogen-bond donors (Lipinski definition) is 2. The molecule has 3 aromatic rings. The van der Waals surface area contributed by atoms with E-state index in [0.29, 0.717) is 28.6 Å². The second-order valence-corrected chi connectivity index (χ2v) is 8.56. The van der Waals surface area contributed by atoms with Gasteiger partial charge < -0.3 is 15.0 Å². The first-order valence-corrected chi connectivity index (χ1v) is 11.3. The predicted molar refractivity (Wildman–Crippen MR) is 121 cm³/mol. The molecule has 1 amide bonds. The number of rotatable bonds is 8. The van der Waals surface area contributed by atoms with Gasteiger partial charge in [-0.05, 0) is 56.0 Å². The number of nitrogens with zero attached hydrogens (tertiary/aromatic N) is 3. The van der Waals surface area contributed by atoms with Crippen molar-refractivity contribution in [3.05, 3.63) is 53.1 Å². The minimum atomic E-state index is -0.350. The third-order valence-corrected chi connectivity index (χ3v) is 5.97. The number of nitrogens with one attached hydrogen (secondary N) is 1. The van der Waals surface area contributed by atoms with Crippen LogP contribution in [-0.2, 0) is 11.2 Å². The van der Waals surface area contributed by atoms with Crippen LogP contribution < -0.4 is 15.2 Å². The van der Waals surface area contributed by atoms with Crippen molar-refractivity contribution in [3.8, 4) is 34.7 Å². The van der Waals surface area contributed by atoms with Crippen molar-refractivity contribution in [1.82, 2.24) is 14.9 Å². The van der Waals surface area contributed by atoms with Crippen LogP contribution in [0.4, 0.5) is 0 Å². The van der Waals surface area contributed by atoms with Crippen LogP contribution in [-0.4, -0.2) is 27.9 Å². The fraction of sp³-hybridized carbons (Fsp3) is 0.304. The third kappa shape index (κ3) is 4.61. The number of nitriles is 1. The van der Waals surface area contributed by atoms with E-state index in [1.54, 1.807) is 18.2 Å². The molecule has 1 aliphatic carbocycles. The first-order valence-electron chi connectivity index (χ1n) is 10.3. The Morgan fingerprint density at radius 1 is 1.41 bits per heavy atom. The van der Waals surface area contributed by atoms with E-state index >= 15 is 0 Å². The molecule has 1 unspecified atom stereocenters. The Morgan fingerprint density at radius 3 is 3.00 bits per heavy atom. The van der Waals surface area contributed by atoms with E-state index in [0.717, 1.165) is 29.5 Å². The van der Waals surface area contributed by atoms with E-state index in [-0.39, 0.29) is 23.8 Å². The normalized spacial score (nSPS) is 14.9. The first-order chi connectivity index (χ1) is 15.5. The Hall–Kier alpha value is -3.35. The molecular weight excluding hydrogens is 426 g/mol. The summed E-state index contributed by atoms with van der Waals surface area (Å²) in [6.45, 7) is 3.82. The molecule has 0 bridgehead atoms. The highest BCUT2D eigenvalue weighted by molar-refractivity contribution is 7.98. The summed E-state index contributed by atoms with van der Waals surface area (Å²) in [5, 5.41) is 13.7. The van der Waals surface area contributed by atoms with E-state index in [2.05, 4.69) is 27.0 Å². The third-order valence-electron chi connectivity index (χ3n) is 5.09. The number of carbonyl (C=O) groups excluding carboxylic acids is 1. The summed E-state index contributed by atoms with van der Waals surface area (Å²) in [7, 11) is 0. The van der Waals surface area contributed by atoms with Crippen LogP contribution in [0.25, 0.3) is 22.8 Å². The highest BCUT2D eigenvalue weighted by atomic mass is 32.2. The summed E-state index contributed by atoms with van der Waals surface area (Å²) < 4.78 is 14.5. The smallest absolute Gasteiger partial charge is 0.258 e. The number of ether oxygens (including phenoxy) is 1. The molecule has 0 saturated carbocycles. The summed E-state index contributed by atoms with van der Waals surface area (Å²) in [4.78, 5) is 15.6. The van der Waals surface area contributed by atoms with E-state index in [4.69, 9.17) is 15.0 Å². The Bertz CT molecular complexity index is 1180. The molecule has 1 aromatic heterocycles. The highest BCUT2D eigenvalue weighted by Crippen LogP contribution is 2.38. The van der Waals surface area contributed by atoms with Crippen LogP contribution in [0.2, 0.25) is 0 Å². The van der Waals surface area contributed by atoms with Gasteiger partial charge in [-0.3, -0.25) is 9.52 Å². The largest absolute Gasteiger partial charge is 0.490 e. The molecule has 0 saturated heterocycles. The summed E-state index contributed by atoms with van der Waals surface area (Å²) >= 11 is 1.32. The van der Waals surface area contributed by atoms with Crippen molar-refractivity contribution in [3.63, 3.8) is 0 Å². The SMILES string of the molecule is CC(C)Oc1ccc(-c2nc(-c3cccc4c3CCC4NSCC(N)=O)no2)cc1C#N. The number of hydrogen-bond acceptors (Lipinski definition) is 8. The van der Waals surface area contributed by atoms with Gasteiger partial charge in [-0.2, -0.15) is 10.2 Å². The molecule has 4 rings (SSSR count). The van der Waals surface area contributed by atoms with Gasteiger partial charge in [-0.15, -0.1) is 0 Å². The molecule has 8 nitrogen and oxygen atoms in total. The van der Waals surface area contributed by atoms with Gasteiger partial charge in [0.2, 0.25) is 11.7 Å². The van der Waals surface area contributed by atoms with E-state index in [1.165, 1.54) is 11.9 Å². The van der Waals surface area contributed by atoms with Crippen LogP contribution in [0.5, 0.6) is 5.75 Å². The van der Waals surface area contributed by atoms with Gasteiger partial charge in [0, 0.05) is 17.2 Å². The standard InChI is InChI=1S/C23H23N5O3S/c1-13(2)30-20-9-6-14(10-15(20)11-24)23-26-22(27-31-23)18-5-3-4-17-16(18)7-8-19(17)28-32-12-21(25)29/h3-6,9-10,13,19,28H,7-8,12H2,1-2H3,(H2,25,29). The molecule has 32 heavy (non-hydrogen) atoms. The van der Waals surface area contributed by atoms with Crippen LogP contribution >= 0.6 is 11.9 Å². The number of carbonyl (C=O) groups is 1. The zero-order valence-corrected chi connectivity index (χ0v) is 18.6. The monoisotopic (exact) mass is 449 g/mol. The summed E-state index contributed by atoms with van der Waals surface area (Å²) in [5.41, 5.74) is 9.53. The number of amides is 1. The molecule has 9 heteroatoms. The Balaban J connectivity index is 1.58. The Kier molecular flexibility index (Phi) is 6.44. The molecule has 1 atom stereocenters. The lowest BCUT2D eigenvalue weighted by Gasteiger charge is -2.13. The maximum absolute atomic E-state index is 11.0. The summed E-state index contributed by atoms with van der Waals surface area (Å²) in [5.74, 6) is 1.25. The topological polar surface area (TPSA) is 127 Å². The molecule has 0 fully saturated rings. The number of aromatic nitrogens is 2. The van der Waals surface area contributed by atoms with Gasteiger partial charge in [0.25, 0.3) is 5.89 Å². The maximum atomic E-state index is 11.0. The quantitative estimate of drug-likeness (QED) is 0.498. The van der Waals surface area contributed by atoms with Crippen molar-refractivity contribution in [2.75, 3.05) is 5.75 Å². The maximum Gasteiger partial charge on any atom is 0.258 e. The second kappa shape index (κ2) is 9.42. The number of nitrogens with two attached hydrogens (primary N) is 1. The van der Waals surface area contributed by atoms with Gasteiger partial charge in [-0.1, -0.05) is 35.3 Å². The fourth-order valence-electron chi connectivity index (χ4n) is 3.76. The minimum absolute atomic E-state index is 0.0318. The predicted octanol–water partition coefficient (Wildman–Crippen LogP) is 3.77. The van der Waals surface area contributed by atoms with E-state index < -0.39 is 0 Å². The zero-order chi connectivity index (χ0) is 22.7. The molecule has 3 N–H and O–H groups in total. The van der Waals surface area contributed by atoms with Crippen molar-refractivity contribution in [2.45, 2.75) is 38.8 Å². The van der Waals surface area contributed by atoms with E-state index in [9.17, 15) is 10.1 Å². The molecular formula is C23H23N5O3S. The highest BCUT2D eigenvalue weighted by Gasteiger charge is 2.26. The molecule has 164 valence electrons. The van der Waals surface area contributed by atoms with Gasteiger partial charge in [0.15, 0.2) is 0 Å². The van der Waals surface area contributed by atoms with Crippen molar-refractivity contribution in [2.24, 2.45) is 5.73 Å². The fourth-order valence-corrected chi connectivity index (χ4v) is 4.43. The lowest BCUT2D eigenvalue weighted by atomic mass is 10.0. The van der Waals surface area contributed by atoms with Crippen LogP contribution in [0.15, 0.2) is 40.9 Å². The number of benzene rings is 2. The van der Waals surface area contributed by atoms with Crippen molar-refractivity contribution in [1.29, 1.82) is 5.26 Å². The van der Waals surface area contributed by atoms with E-state index in [1.807, 2.05) is 26.0 Å². The molecule has 0 radical (unpaired) electrons. The number of fused-ring (bicyclic) bond motifs is 1. The van der Waals surface area contributed by atoms with Crippen molar-refractivity contribution < 1.29 is 14.1 Å². The van der Waals surface area contributed by atoms with Gasteiger partial charge in [0.05, 0.1) is 17.4 Å². The first kappa shape index (κ1) is 21.9. The molecule has 0 spiro atoms. The van der Waals surface area contributed by atoms with Gasteiger partial charge in [0.1, 0.15) is 11.8 Å². The number of primary amides is 1. The average Bonchev–Trinajstić information content (AvgIpc) is 3.41. The zero-order valence-electron chi connectivity index (χ0n) is 17.8. The Morgan fingerprint density at radius 2 is 2.25 bits per heavy atom. The summed E-state index contributed by atoms with van der Waals surface area (Å²) in [6.07, 6.45) is 1.74. The van der Waals surface area contributed by atoms with Gasteiger partial charge in [-0.25, -0.2) is 0 Å².